The van der Waals surface area contributed by atoms with Crippen molar-refractivity contribution in [3.63, 3.8) is 0 Å². The number of unbranched alkanes of at least 4 members (excludes halogenated alkanes) is 1. The van der Waals surface area contributed by atoms with Gasteiger partial charge in [0.05, 0.1) is 19.1 Å². The molecule has 0 atom stereocenters. The van der Waals surface area contributed by atoms with E-state index in [2.05, 4.69) is 21.8 Å². The van der Waals surface area contributed by atoms with Gasteiger partial charge in [-0.3, -0.25) is 4.90 Å². The number of methoxy groups -OCH3 is 2. The van der Waals surface area contributed by atoms with Crippen LogP contribution < -0.4 is 14.2 Å². The molecule has 1 aliphatic rings. The molecule has 0 radical (unpaired) electrons. The summed E-state index contributed by atoms with van der Waals surface area (Å²) in [5.41, 5.74) is 3.63. The third kappa shape index (κ3) is 5.50. The maximum Gasteiger partial charge on any atom is 0.240 e. The van der Waals surface area contributed by atoms with Crippen LogP contribution >= 0.6 is 0 Å². The molecule has 7 heteroatoms. The van der Waals surface area contributed by atoms with Gasteiger partial charge in [-0.25, -0.2) is 13.1 Å². The van der Waals surface area contributed by atoms with Crippen molar-refractivity contribution in [2.45, 2.75) is 37.6 Å². The highest BCUT2D eigenvalue weighted by molar-refractivity contribution is 7.89. The highest BCUT2D eigenvalue weighted by Crippen LogP contribution is 2.33. The third-order valence-corrected chi connectivity index (χ3v) is 6.80. The van der Waals surface area contributed by atoms with Crippen LogP contribution in [-0.2, 0) is 23.0 Å². The first-order chi connectivity index (χ1) is 13.9. The molecular weight excluding hydrogens is 388 g/mol. The summed E-state index contributed by atoms with van der Waals surface area (Å²) in [5, 5.41) is 0. The van der Waals surface area contributed by atoms with E-state index in [0.29, 0.717) is 11.4 Å². The van der Waals surface area contributed by atoms with Crippen LogP contribution in [0.1, 0.15) is 29.5 Å². The Kier molecular flexibility index (Phi) is 7.16. The number of benzene rings is 2. The minimum atomic E-state index is -3.43. The van der Waals surface area contributed by atoms with Crippen molar-refractivity contribution in [3.8, 4) is 11.5 Å². The van der Waals surface area contributed by atoms with Gasteiger partial charge in [0.1, 0.15) is 0 Å². The molecule has 1 heterocycles. The summed E-state index contributed by atoms with van der Waals surface area (Å²) >= 11 is 0. The van der Waals surface area contributed by atoms with E-state index in [9.17, 15) is 8.42 Å². The zero-order valence-electron chi connectivity index (χ0n) is 17.4. The molecule has 0 saturated heterocycles. The Balaban J connectivity index is 1.45. The smallest absolute Gasteiger partial charge is 0.240 e. The molecule has 1 aliphatic heterocycles. The minimum absolute atomic E-state index is 0.320. The number of hydrogen-bond acceptors (Lipinski definition) is 5. The lowest BCUT2D eigenvalue weighted by molar-refractivity contribution is 0.248. The van der Waals surface area contributed by atoms with Crippen LogP contribution in [0.5, 0.6) is 11.5 Å². The molecule has 0 aliphatic carbocycles. The predicted octanol–water partition coefficient (Wildman–Crippen LogP) is 3.13. The van der Waals surface area contributed by atoms with E-state index in [1.807, 2.05) is 19.1 Å². The molecule has 2 aromatic rings. The number of nitrogens with one attached hydrogen (secondary N) is 1. The summed E-state index contributed by atoms with van der Waals surface area (Å²) in [4.78, 5) is 2.73. The molecule has 0 fully saturated rings. The predicted molar refractivity (Wildman–Crippen MR) is 114 cm³/mol. The van der Waals surface area contributed by atoms with Gasteiger partial charge in [0, 0.05) is 19.6 Å². The summed E-state index contributed by atoms with van der Waals surface area (Å²) in [6, 6.07) is 11.1. The van der Waals surface area contributed by atoms with Crippen LogP contribution in [0.25, 0.3) is 0 Å². The second-order valence-corrected chi connectivity index (χ2v) is 9.19. The van der Waals surface area contributed by atoms with E-state index < -0.39 is 10.0 Å². The minimum Gasteiger partial charge on any atom is -0.493 e. The number of rotatable bonds is 9. The second-order valence-electron chi connectivity index (χ2n) is 7.42. The molecule has 0 unspecified atom stereocenters. The van der Waals surface area contributed by atoms with Crippen molar-refractivity contribution in [2.24, 2.45) is 0 Å². The van der Waals surface area contributed by atoms with Crippen LogP contribution in [0, 0.1) is 6.92 Å². The lowest BCUT2D eigenvalue weighted by Crippen LogP contribution is -2.32. The maximum atomic E-state index is 12.3. The normalized spacial score (nSPS) is 14.4. The van der Waals surface area contributed by atoms with Crippen molar-refractivity contribution in [1.82, 2.24) is 9.62 Å². The number of sulfonamides is 1. The number of aryl methyl sites for hydroxylation is 1. The summed E-state index contributed by atoms with van der Waals surface area (Å²) in [7, 11) is -0.112. The van der Waals surface area contributed by atoms with Gasteiger partial charge in [-0.2, -0.15) is 0 Å². The Labute approximate surface area is 173 Å². The van der Waals surface area contributed by atoms with E-state index in [1.54, 1.807) is 26.4 Å². The number of fused-ring (bicyclic) bond motifs is 1. The fraction of sp³-hybridized carbons (Fsp3) is 0.455. The highest BCUT2D eigenvalue weighted by atomic mass is 32.2. The first-order valence-electron chi connectivity index (χ1n) is 9.95. The Morgan fingerprint density at radius 1 is 1.00 bits per heavy atom. The molecule has 6 nitrogen and oxygen atoms in total. The number of ether oxygens (including phenoxy) is 2. The Hall–Kier alpha value is -2.09. The zero-order chi connectivity index (χ0) is 20.9. The number of nitrogens with zero attached hydrogens (tertiary/aromatic N) is 1. The average molecular weight is 419 g/mol. The molecule has 1 N–H and O–H groups in total. The Morgan fingerprint density at radius 2 is 1.66 bits per heavy atom. The topological polar surface area (TPSA) is 67.9 Å². The largest absolute Gasteiger partial charge is 0.493 e. The van der Waals surface area contributed by atoms with E-state index in [1.165, 1.54) is 11.1 Å². The van der Waals surface area contributed by atoms with Crippen molar-refractivity contribution in [3.05, 3.63) is 53.1 Å². The van der Waals surface area contributed by atoms with E-state index in [0.717, 1.165) is 56.0 Å². The third-order valence-electron chi connectivity index (χ3n) is 5.32. The molecular formula is C22H30N2O4S. The van der Waals surface area contributed by atoms with Crippen LogP contribution in [0.15, 0.2) is 41.3 Å². The Bertz CT molecular complexity index is 927. The molecule has 0 bridgehead atoms. The van der Waals surface area contributed by atoms with Crippen LogP contribution in [0.2, 0.25) is 0 Å². The first-order valence-corrected chi connectivity index (χ1v) is 11.4. The first kappa shape index (κ1) is 21.6. The summed E-state index contributed by atoms with van der Waals surface area (Å²) in [6.45, 7) is 5.21. The highest BCUT2D eigenvalue weighted by Gasteiger charge is 2.19. The zero-order valence-corrected chi connectivity index (χ0v) is 18.2. The van der Waals surface area contributed by atoms with Crippen molar-refractivity contribution in [2.75, 3.05) is 33.9 Å². The quantitative estimate of drug-likeness (QED) is 0.634. The fourth-order valence-electron chi connectivity index (χ4n) is 3.60. The Morgan fingerprint density at radius 3 is 2.31 bits per heavy atom. The molecule has 29 heavy (non-hydrogen) atoms. The standard InChI is InChI=1S/C22H30N2O4S/c1-17-6-8-20(9-7-17)29(25,26)23-11-4-5-12-24-13-10-18-14-21(27-2)22(28-3)15-19(18)16-24/h6-9,14-15,23H,4-5,10-13,16H2,1-3H3. The van der Waals surface area contributed by atoms with Gasteiger partial charge in [0.15, 0.2) is 11.5 Å². The van der Waals surface area contributed by atoms with Crippen molar-refractivity contribution >= 4 is 10.0 Å². The van der Waals surface area contributed by atoms with Crippen LogP contribution in [0.4, 0.5) is 0 Å². The van der Waals surface area contributed by atoms with Gasteiger partial charge in [0.25, 0.3) is 0 Å². The summed E-state index contributed by atoms with van der Waals surface area (Å²) in [6.07, 6.45) is 2.73. The lowest BCUT2D eigenvalue weighted by Gasteiger charge is -2.29. The van der Waals surface area contributed by atoms with E-state index in [-0.39, 0.29) is 0 Å². The fourth-order valence-corrected chi connectivity index (χ4v) is 4.67. The van der Waals surface area contributed by atoms with Gasteiger partial charge in [-0.05, 0) is 68.1 Å². The molecule has 158 valence electrons. The van der Waals surface area contributed by atoms with Gasteiger partial charge >= 0.3 is 0 Å². The SMILES string of the molecule is COc1cc2c(cc1OC)CN(CCCCNS(=O)(=O)c1ccc(C)cc1)CC2. The molecule has 3 rings (SSSR count). The summed E-state index contributed by atoms with van der Waals surface area (Å²) in [5.74, 6) is 1.54. The monoisotopic (exact) mass is 418 g/mol. The molecule has 2 aromatic carbocycles. The van der Waals surface area contributed by atoms with Crippen molar-refractivity contribution < 1.29 is 17.9 Å². The van der Waals surface area contributed by atoms with Crippen molar-refractivity contribution in [1.29, 1.82) is 0 Å². The van der Waals surface area contributed by atoms with E-state index >= 15 is 0 Å². The molecule has 0 spiro atoms. The van der Waals surface area contributed by atoms with Crippen LogP contribution in [0.3, 0.4) is 0 Å². The van der Waals surface area contributed by atoms with Gasteiger partial charge in [-0.1, -0.05) is 17.7 Å². The second kappa shape index (κ2) is 9.61. The lowest BCUT2D eigenvalue weighted by atomic mass is 9.98. The van der Waals surface area contributed by atoms with Crippen LogP contribution in [-0.4, -0.2) is 47.2 Å². The molecule has 0 amide bonds. The number of hydrogen-bond donors (Lipinski definition) is 1. The molecule has 0 saturated carbocycles. The van der Waals surface area contributed by atoms with E-state index in [4.69, 9.17) is 9.47 Å². The van der Waals surface area contributed by atoms with Gasteiger partial charge < -0.3 is 9.47 Å². The van der Waals surface area contributed by atoms with Gasteiger partial charge in [-0.15, -0.1) is 0 Å². The average Bonchev–Trinajstić information content (AvgIpc) is 2.72. The maximum absolute atomic E-state index is 12.3. The van der Waals surface area contributed by atoms with Gasteiger partial charge in [0.2, 0.25) is 10.0 Å². The summed E-state index contributed by atoms with van der Waals surface area (Å²) < 4.78 is 38.1. The molecule has 0 aromatic heterocycles.